The van der Waals surface area contributed by atoms with Gasteiger partial charge in [-0.1, -0.05) is 12.1 Å². The number of hydrogen-bond donors (Lipinski definition) is 0. The normalized spacial score (nSPS) is 10.0. The molecule has 0 N–H and O–H groups in total. The minimum atomic E-state index is -0.473. The van der Waals surface area contributed by atoms with Crippen LogP contribution in [-0.4, -0.2) is 9.85 Å². The highest BCUT2D eigenvalue weighted by Gasteiger charge is 2.11. The van der Waals surface area contributed by atoms with Crippen LogP contribution in [0, 0.1) is 34.1 Å². The summed E-state index contributed by atoms with van der Waals surface area (Å²) in [6.45, 7) is 3.29. The van der Waals surface area contributed by atoms with Crippen molar-refractivity contribution in [2.45, 2.75) is 13.8 Å². The molecule has 0 bridgehead atoms. The van der Waals surface area contributed by atoms with Crippen LogP contribution < -0.4 is 0 Å². The zero-order chi connectivity index (χ0) is 17.0. The van der Waals surface area contributed by atoms with Gasteiger partial charge in [0.2, 0.25) is 0 Å². The lowest BCUT2D eigenvalue weighted by atomic mass is 10.2. The van der Waals surface area contributed by atoms with Gasteiger partial charge in [0.05, 0.1) is 32.6 Å². The minimum absolute atomic E-state index is 0.0159. The lowest BCUT2D eigenvalue weighted by Gasteiger charge is -1.97. The number of nitro benzene ring substituents is 2. The van der Waals surface area contributed by atoms with Crippen LogP contribution in [0.4, 0.5) is 22.7 Å². The van der Waals surface area contributed by atoms with Gasteiger partial charge in [-0.05, 0) is 26.0 Å². The van der Waals surface area contributed by atoms with Crippen LogP contribution in [0.15, 0.2) is 45.1 Å². The van der Waals surface area contributed by atoms with Gasteiger partial charge in [-0.3, -0.25) is 20.2 Å². The summed E-state index contributed by atoms with van der Waals surface area (Å²) in [5.74, 6) is 0. The van der Waals surface area contributed by atoms with E-state index in [-0.39, 0.29) is 11.4 Å². The van der Waals surface area contributed by atoms with Gasteiger partial charge in [0.15, 0.2) is 0 Å². The van der Waals surface area contributed by atoms with Crippen LogP contribution >= 0.6 is 0 Å². The zero-order valence-electron chi connectivity index (χ0n) is 12.3. The summed E-state index contributed by atoms with van der Waals surface area (Å²) in [4.78, 5) is 20.8. The molecule has 2 rings (SSSR count). The van der Waals surface area contributed by atoms with Gasteiger partial charge in [-0.25, -0.2) is 0 Å². The molecule has 0 saturated carbocycles. The summed E-state index contributed by atoms with van der Waals surface area (Å²) >= 11 is 0.817. The first-order valence-corrected chi connectivity index (χ1v) is 7.20. The summed E-state index contributed by atoms with van der Waals surface area (Å²) in [6, 6.07) is 9.21. The van der Waals surface area contributed by atoms with Crippen molar-refractivity contribution in [3.63, 3.8) is 0 Å². The van der Waals surface area contributed by atoms with Crippen molar-refractivity contribution in [2.75, 3.05) is 0 Å². The number of benzene rings is 2. The fraction of sp³-hybridized carbons (Fsp3) is 0.143. The molecule has 2 aromatic rings. The Morgan fingerprint density at radius 2 is 1.22 bits per heavy atom. The van der Waals surface area contributed by atoms with E-state index in [1.807, 2.05) is 0 Å². The number of hydrogen-bond acceptors (Lipinski definition) is 6. The molecule has 0 radical (unpaired) electrons. The van der Waals surface area contributed by atoms with Gasteiger partial charge in [-0.15, -0.1) is 0 Å². The van der Waals surface area contributed by atoms with Gasteiger partial charge in [-0.2, -0.15) is 8.73 Å². The topological polar surface area (TPSA) is 111 Å². The molecule has 0 amide bonds. The van der Waals surface area contributed by atoms with Gasteiger partial charge in [0, 0.05) is 23.3 Å². The fourth-order valence-corrected chi connectivity index (χ4v) is 2.27. The maximum atomic E-state index is 10.9. The van der Waals surface area contributed by atoms with Crippen LogP contribution in [0.1, 0.15) is 11.1 Å². The summed E-state index contributed by atoms with van der Waals surface area (Å²) in [5, 5.41) is 21.7. The molecule has 0 unspecified atom stereocenters. The van der Waals surface area contributed by atoms with E-state index >= 15 is 0 Å². The Labute approximate surface area is 135 Å². The van der Waals surface area contributed by atoms with Gasteiger partial charge in [0.1, 0.15) is 0 Å². The molecule has 118 valence electrons. The summed E-state index contributed by atoms with van der Waals surface area (Å²) in [6.07, 6.45) is 0. The van der Waals surface area contributed by atoms with Crippen molar-refractivity contribution in [1.29, 1.82) is 0 Å². The van der Waals surface area contributed by atoms with E-state index in [9.17, 15) is 20.2 Å². The molecule has 2 aromatic carbocycles. The molecular formula is C14H12N4O4S. The predicted molar refractivity (Wildman–Crippen MR) is 87.2 cm³/mol. The molecule has 0 saturated heterocycles. The first-order valence-electron chi connectivity index (χ1n) is 6.47. The third kappa shape index (κ3) is 4.04. The monoisotopic (exact) mass is 332 g/mol. The molecule has 8 nitrogen and oxygen atoms in total. The first-order chi connectivity index (χ1) is 10.9. The quantitative estimate of drug-likeness (QED) is 0.604. The second-order valence-corrected chi connectivity index (χ2v) is 5.25. The minimum Gasteiger partial charge on any atom is -0.258 e. The van der Waals surface area contributed by atoms with E-state index in [0.717, 1.165) is 11.4 Å². The van der Waals surface area contributed by atoms with E-state index in [4.69, 9.17) is 0 Å². The molecule has 23 heavy (non-hydrogen) atoms. The number of nitrogens with zero attached hydrogens (tertiary/aromatic N) is 4. The third-order valence-corrected chi connectivity index (χ3v) is 3.66. The smallest absolute Gasteiger partial charge is 0.258 e. The largest absolute Gasteiger partial charge is 0.274 e. The molecular weight excluding hydrogens is 320 g/mol. The molecule has 0 spiro atoms. The summed E-state index contributed by atoms with van der Waals surface area (Å²) in [7, 11) is 0. The summed E-state index contributed by atoms with van der Waals surface area (Å²) in [5.41, 5.74) is 1.86. The molecule has 0 atom stereocenters. The average Bonchev–Trinajstić information content (AvgIpc) is 2.50. The van der Waals surface area contributed by atoms with Gasteiger partial charge < -0.3 is 0 Å². The second-order valence-electron chi connectivity index (χ2n) is 4.72. The van der Waals surface area contributed by atoms with Crippen molar-refractivity contribution < 1.29 is 9.85 Å². The highest BCUT2D eigenvalue weighted by molar-refractivity contribution is 7.57. The molecule has 0 aliphatic heterocycles. The summed E-state index contributed by atoms with van der Waals surface area (Å²) < 4.78 is 8.12. The van der Waals surface area contributed by atoms with Crippen molar-refractivity contribution >= 4 is 34.1 Å². The Balaban J connectivity index is 2.32. The van der Waals surface area contributed by atoms with E-state index in [1.165, 1.54) is 12.1 Å². The first kappa shape index (κ1) is 16.4. The Morgan fingerprint density at radius 3 is 1.57 bits per heavy atom. The van der Waals surface area contributed by atoms with Crippen LogP contribution in [0.2, 0.25) is 0 Å². The Hall–Kier alpha value is -2.94. The van der Waals surface area contributed by atoms with Gasteiger partial charge in [0.25, 0.3) is 11.4 Å². The lowest BCUT2D eigenvalue weighted by Crippen LogP contribution is -1.90. The van der Waals surface area contributed by atoms with Crippen LogP contribution in [0.5, 0.6) is 0 Å². The van der Waals surface area contributed by atoms with Gasteiger partial charge >= 0.3 is 0 Å². The molecule has 9 heteroatoms. The average molecular weight is 332 g/mol. The number of nitro groups is 2. The van der Waals surface area contributed by atoms with E-state index in [2.05, 4.69) is 8.73 Å². The lowest BCUT2D eigenvalue weighted by molar-refractivity contribution is -0.385. The highest BCUT2D eigenvalue weighted by Crippen LogP contribution is 2.25. The number of rotatable bonds is 4. The second kappa shape index (κ2) is 6.88. The molecule has 0 aromatic heterocycles. The zero-order valence-corrected chi connectivity index (χ0v) is 13.1. The van der Waals surface area contributed by atoms with E-state index in [1.54, 1.807) is 38.1 Å². The maximum Gasteiger partial charge on any atom is 0.274 e. The molecule has 0 aliphatic rings. The standard InChI is InChI=1S/C14H12N4O4S/c1-9-3-5-11(7-13(9)17(19)20)15-23-16-12-6-4-10(2)14(8-12)18(21)22/h3-8H,1-2H3. The van der Waals surface area contributed by atoms with Crippen LogP contribution in [0.3, 0.4) is 0 Å². The molecule has 0 fully saturated rings. The highest BCUT2D eigenvalue weighted by atomic mass is 32.1. The maximum absolute atomic E-state index is 10.9. The molecule has 0 heterocycles. The van der Waals surface area contributed by atoms with E-state index < -0.39 is 9.85 Å². The Bertz CT molecular complexity index is 792. The van der Waals surface area contributed by atoms with Crippen LogP contribution in [0.25, 0.3) is 0 Å². The van der Waals surface area contributed by atoms with Crippen molar-refractivity contribution in [1.82, 2.24) is 0 Å². The van der Waals surface area contributed by atoms with Crippen molar-refractivity contribution in [3.05, 3.63) is 67.8 Å². The SMILES string of the molecule is Cc1ccc(N=S=Nc2ccc(C)c([N+](=O)[O-])c2)cc1[N+](=O)[O-]. The van der Waals surface area contributed by atoms with E-state index in [0.29, 0.717) is 22.5 Å². The number of aryl methyl sites for hydroxylation is 2. The fourth-order valence-electron chi connectivity index (χ4n) is 1.82. The Morgan fingerprint density at radius 1 is 0.826 bits per heavy atom. The predicted octanol–water partition coefficient (Wildman–Crippen LogP) is 4.53. The third-order valence-electron chi connectivity index (χ3n) is 3.07. The van der Waals surface area contributed by atoms with Crippen LogP contribution in [-0.2, 0) is 11.4 Å². The van der Waals surface area contributed by atoms with Crippen molar-refractivity contribution in [2.24, 2.45) is 8.73 Å². The van der Waals surface area contributed by atoms with Crippen molar-refractivity contribution in [3.8, 4) is 0 Å². The molecule has 0 aliphatic carbocycles. The Kier molecular flexibility index (Phi) is 4.91.